The molecule has 0 saturated heterocycles. The summed E-state index contributed by atoms with van der Waals surface area (Å²) in [6, 6.07) is 14.5. The Balaban J connectivity index is 0.000000561. The lowest BCUT2D eigenvalue weighted by Crippen LogP contribution is -1.86. The summed E-state index contributed by atoms with van der Waals surface area (Å²) in [7, 11) is 1.92. The number of halogens is 1. The first kappa shape index (κ1) is 18.7. The molecule has 22 heavy (non-hydrogen) atoms. The molecule has 3 rings (SSSR count). The number of fused-ring (bicyclic) bond motifs is 1. The first-order valence-corrected chi connectivity index (χ1v) is 9.21. The Hall–Kier alpha value is -1.39. The lowest BCUT2D eigenvalue weighted by Gasteiger charge is -2.00. The topological polar surface area (TPSA) is 24.9 Å². The second kappa shape index (κ2) is 9.59. The third-order valence-electron chi connectivity index (χ3n) is 2.77. The molecule has 3 aromatic rings. The van der Waals surface area contributed by atoms with Crippen LogP contribution in [-0.2, 0) is 0 Å². The second-order valence-electron chi connectivity index (χ2n) is 3.96. The molecule has 1 aromatic heterocycles. The number of thiazole rings is 1. The fourth-order valence-corrected chi connectivity index (χ4v) is 3.32. The van der Waals surface area contributed by atoms with Crippen molar-refractivity contribution in [3.63, 3.8) is 0 Å². The number of hydrogen-bond donors (Lipinski definition) is 1. The van der Waals surface area contributed by atoms with Gasteiger partial charge in [-0.1, -0.05) is 43.6 Å². The first-order chi connectivity index (χ1) is 10.8. The highest BCUT2D eigenvalue weighted by molar-refractivity contribution is 9.10. The molecule has 0 aliphatic heterocycles. The van der Waals surface area contributed by atoms with Crippen LogP contribution in [0.15, 0.2) is 46.9 Å². The van der Waals surface area contributed by atoms with Gasteiger partial charge >= 0.3 is 0 Å². The van der Waals surface area contributed by atoms with Gasteiger partial charge in [-0.05, 0) is 42.5 Å². The molecule has 0 amide bonds. The molecule has 0 unspecified atom stereocenters. The van der Waals surface area contributed by atoms with Crippen LogP contribution in [-0.4, -0.2) is 12.0 Å². The van der Waals surface area contributed by atoms with E-state index in [1.807, 2.05) is 46.9 Å². The van der Waals surface area contributed by atoms with E-state index in [2.05, 4.69) is 56.6 Å². The monoisotopic (exact) mass is 378 g/mol. The van der Waals surface area contributed by atoms with Crippen LogP contribution in [0.25, 0.3) is 20.8 Å². The molecule has 0 radical (unpaired) electrons. The van der Waals surface area contributed by atoms with Crippen molar-refractivity contribution in [1.82, 2.24) is 4.98 Å². The predicted octanol–water partition coefficient (Wildman–Crippen LogP) is 6.82. The van der Waals surface area contributed by atoms with Crippen LogP contribution in [0.3, 0.4) is 0 Å². The Labute approximate surface area is 145 Å². The van der Waals surface area contributed by atoms with Crippen LogP contribution in [0.4, 0.5) is 5.69 Å². The van der Waals surface area contributed by atoms with E-state index in [4.69, 9.17) is 0 Å². The molecule has 0 atom stereocenters. The van der Waals surface area contributed by atoms with Gasteiger partial charge in [0.15, 0.2) is 0 Å². The van der Waals surface area contributed by atoms with Crippen molar-refractivity contribution in [1.29, 1.82) is 0 Å². The summed E-state index contributed by atoms with van der Waals surface area (Å²) < 4.78 is 2.30. The molecule has 0 spiro atoms. The van der Waals surface area contributed by atoms with E-state index in [1.54, 1.807) is 11.3 Å². The quantitative estimate of drug-likeness (QED) is 0.528. The average molecular weight is 379 g/mol. The summed E-state index contributed by atoms with van der Waals surface area (Å²) in [6.07, 6.45) is 0. The van der Waals surface area contributed by atoms with E-state index >= 15 is 0 Å². The molecule has 2 nitrogen and oxygen atoms in total. The maximum atomic E-state index is 4.66. The predicted molar refractivity (Wildman–Crippen MR) is 105 cm³/mol. The molecule has 0 aliphatic rings. The number of rotatable bonds is 2. The minimum atomic E-state index is 1.05. The van der Waals surface area contributed by atoms with Crippen molar-refractivity contribution in [3.05, 3.63) is 46.9 Å². The van der Waals surface area contributed by atoms with Crippen molar-refractivity contribution >= 4 is 43.2 Å². The van der Waals surface area contributed by atoms with E-state index in [1.165, 1.54) is 4.70 Å². The Bertz CT molecular complexity index is 690. The third kappa shape index (κ3) is 4.55. The first-order valence-electron chi connectivity index (χ1n) is 7.60. The van der Waals surface area contributed by atoms with Gasteiger partial charge in [-0.15, -0.1) is 11.3 Å². The van der Waals surface area contributed by atoms with Gasteiger partial charge in [-0.2, -0.15) is 0 Å². The van der Waals surface area contributed by atoms with E-state index in [9.17, 15) is 0 Å². The minimum Gasteiger partial charge on any atom is -0.388 e. The Morgan fingerprint density at radius 1 is 0.955 bits per heavy atom. The number of benzene rings is 2. The smallest absolute Gasteiger partial charge is 0.124 e. The van der Waals surface area contributed by atoms with E-state index in [0.717, 1.165) is 26.2 Å². The zero-order chi connectivity index (χ0) is 16.5. The van der Waals surface area contributed by atoms with E-state index in [0.29, 0.717) is 0 Å². The number of hydrogen-bond acceptors (Lipinski definition) is 3. The maximum Gasteiger partial charge on any atom is 0.124 e. The zero-order valence-electron chi connectivity index (χ0n) is 13.8. The summed E-state index contributed by atoms with van der Waals surface area (Å²) in [5.41, 5.74) is 3.32. The Morgan fingerprint density at radius 2 is 1.59 bits per heavy atom. The van der Waals surface area contributed by atoms with Crippen molar-refractivity contribution in [2.24, 2.45) is 0 Å². The molecule has 1 heterocycles. The van der Waals surface area contributed by atoms with Crippen molar-refractivity contribution in [2.45, 2.75) is 27.7 Å². The SMILES string of the molecule is CC.CC.CNc1ccc(-c2nc3ccc(Br)cc3s2)cc1. The normalized spacial score (nSPS) is 9.36. The maximum absolute atomic E-state index is 4.66. The number of nitrogens with one attached hydrogen (secondary N) is 1. The van der Waals surface area contributed by atoms with Crippen LogP contribution in [0.1, 0.15) is 27.7 Å². The highest BCUT2D eigenvalue weighted by Crippen LogP contribution is 2.32. The van der Waals surface area contributed by atoms with Gasteiger partial charge in [-0.25, -0.2) is 4.98 Å². The highest BCUT2D eigenvalue weighted by Gasteiger charge is 2.06. The minimum absolute atomic E-state index is 1.05. The van der Waals surface area contributed by atoms with Crippen LogP contribution >= 0.6 is 27.3 Å². The summed E-state index contributed by atoms with van der Waals surface area (Å²) in [6.45, 7) is 8.00. The van der Waals surface area contributed by atoms with Gasteiger partial charge in [0, 0.05) is 22.8 Å². The zero-order valence-corrected chi connectivity index (χ0v) is 16.2. The van der Waals surface area contributed by atoms with E-state index < -0.39 is 0 Å². The largest absolute Gasteiger partial charge is 0.388 e. The molecule has 0 saturated carbocycles. The Morgan fingerprint density at radius 3 is 2.18 bits per heavy atom. The van der Waals surface area contributed by atoms with E-state index in [-0.39, 0.29) is 0 Å². The average Bonchev–Trinajstić information content (AvgIpc) is 3.01. The van der Waals surface area contributed by atoms with Crippen LogP contribution in [0.5, 0.6) is 0 Å². The van der Waals surface area contributed by atoms with Gasteiger partial charge < -0.3 is 5.32 Å². The Kier molecular flexibility index (Phi) is 8.13. The van der Waals surface area contributed by atoms with Gasteiger partial charge in [0.2, 0.25) is 0 Å². The molecular formula is C18H23BrN2S. The van der Waals surface area contributed by atoms with Crippen LogP contribution in [0.2, 0.25) is 0 Å². The van der Waals surface area contributed by atoms with Gasteiger partial charge in [0.25, 0.3) is 0 Å². The van der Waals surface area contributed by atoms with Crippen LogP contribution in [0, 0.1) is 0 Å². The van der Waals surface area contributed by atoms with Crippen molar-refractivity contribution in [3.8, 4) is 10.6 Å². The summed E-state index contributed by atoms with van der Waals surface area (Å²) >= 11 is 5.20. The van der Waals surface area contributed by atoms with Crippen molar-refractivity contribution in [2.75, 3.05) is 12.4 Å². The molecular weight excluding hydrogens is 356 g/mol. The molecule has 118 valence electrons. The number of anilines is 1. The molecule has 4 heteroatoms. The molecule has 0 aliphatic carbocycles. The summed E-state index contributed by atoms with van der Waals surface area (Å²) in [4.78, 5) is 4.66. The second-order valence-corrected chi connectivity index (χ2v) is 5.90. The lowest BCUT2D eigenvalue weighted by atomic mass is 10.2. The molecule has 1 N–H and O–H groups in total. The standard InChI is InChI=1S/C14H11BrN2S.2C2H6/c1-16-11-5-2-9(3-6-11)14-17-12-7-4-10(15)8-13(12)18-14;2*1-2/h2-8,16H,1H3;2*1-2H3. The summed E-state index contributed by atoms with van der Waals surface area (Å²) in [5, 5.41) is 4.18. The molecule has 0 bridgehead atoms. The fourth-order valence-electron chi connectivity index (χ4n) is 1.80. The number of aromatic nitrogens is 1. The third-order valence-corrected chi connectivity index (χ3v) is 4.33. The summed E-state index contributed by atoms with van der Waals surface area (Å²) in [5.74, 6) is 0. The van der Waals surface area contributed by atoms with Crippen molar-refractivity contribution < 1.29 is 0 Å². The van der Waals surface area contributed by atoms with Gasteiger partial charge in [0.1, 0.15) is 5.01 Å². The van der Waals surface area contributed by atoms with Gasteiger partial charge in [0.05, 0.1) is 10.2 Å². The fraction of sp³-hybridized carbons (Fsp3) is 0.278. The highest BCUT2D eigenvalue weighted by atomic mass is 79.9. The lowest BCUT2D eigenvalue weighted by molar-refractivity contribution is 1.46. The van der Waals surface area contributed by atoms with Gasteiger partial charge in [-0.3, -0.25) is 0 Å². The molecule has 0 fully saturated rings. The van der Waals surface area contributed by atoms with Crippen LogP contribution < -0.4 is 5.32 Å². The molecule has 2 aromatic carbocycles. The number of nitrogens with zero attached hydrogens (tertiary/aromatic N) is 1.